The van der Waals surface area contributed by atoms with Gasteiger partial charge in [0.15, 0.2) is 0 Å². The number of nitrogens with two attached hydrogens (primary N) is 1. The van der Waals surface area contributed by atoms with Crippen LogP contribution in [0.4, 0.5) is 10.6 Å². The molecular weight excluding hydrogens is 316 g/mol. The van der Waals surface area contributed by atoms with Crippen LogP contribution in [0.15, 0.2) is 30.7 Å². The maximum Gasteiger partial charge on any atom is 0.320 e. The first-order chi connectivity index (χ1) is 11.8. The summed E-state index contributed by atoms with van der Waals surface area (Å²) in [5.74, 6) is 0.705. The van der Waals surface area contributed by atoms with Crippen LogP contribution in [-0.4, -0.2) is 27.7 Å². The first-order valence-corrected chi connectivity index (χ1v) is 8.55. The molecular formula is C19H24N4O2. The quantitative estimate of drug-likeness (QED) is 0.898. The highest BCUT2D eigenvalue weighted by Crippen LogP contribution is 2.33. The number of aromatic nitrogens is 2. The van der Waals surface area contributed by atoms with E-state index in [0.717, 1.165) is 35.1 Å². The highest BCUT2D eigenvalue weighted by molar-refractivity contribution is 5.91. The van der Waals surface area contributed by atoms with Crippen LogP contribution in [0, 0.1) is 5.92 Å². The zero-order valence-electron chi connectivity index (χ0n) is 14.9. The second kappa shape index (κ2) is 6.44. The lowest BCUT2D eigenvalue weighted by atomic mass is 9.85. The third-order valence-electron chi connectivity index (χ3n) is 5.07. The lowest BCUT2D eigenvalue weighted by Crippen LogP contribution is -2.40. The van der Waals surface area contributed by atoms with Gasteiger partial charge < -0.3 is 10.8 Å². The van der Waals surface area contributed by atoms with E-state index in [4.69, 9.17) is 5.73 Å². The summed E-state index contributed by atoms with van der Waals surface area (Å²) in [5.41, 5.74) is 8.07. The maximum atomic E-state index is 11.6. The summed E-state index contributed by atoms with van der Waals surface area (Å²) in [6.07, 6.45) is 6.91. The molecule has 2 aromatic heterocycles. The molecule has 2 amide bonds. The summed E-state index contributed by atoms with van der Waals surface area (Å²) in [6, 6.07) is 3.51. The fourth-order valence-corrected chi connectivity index (χ4v) is 3.04. The van der Waals surface area contributed by atoms with E-state index in [2.05, 4.69) is 9.97 Å². The molecule has 0 saturated carbocycles. The Morgan fingerprint density at radius 3 is 2.68 bits per heavy atom. The number of carbonyl (C=O) groups is 1. The average molecular weight is 340 g/mol. The molecule has 3 heterocycles. The monoisotopic (exact) mass is 340 g/mol. The topological polar surface area (TPSA) is 92.3 Å². The van der Waals surface area contributed by atoms with Gasteiger partial charge in [0.1, 0.15) is 5.82 Å². The second-order valence-electron chi connectivity index (χ2n) is 7.06. The van der Waals surface area contributed by atoms with Crippen molar-refractivity contribution in [3.05, 3.63) is 41.9 Å². The number of primary amides is 1. The number of hydrogen-bond acceptors (Lipinski definition) is 4. The van der Waals surface area contributed by atoms with Gasteiger partial charge in [-0.1, -0.05) is 13.8 Å². The van der Waals surface area contributed by atoms with Gasteiger partial charge in [0.2, 0.25) is 0 Å². The van der Waals surface area contributed by atoms with Crippen LogP contribution in [0.1, 0.15) is 38.3 Å². The van der Waals surface area contributed by atoms with Gasteiger partial charge in [0, 0.05) is 41.8 Å². The van der Waals surface area contributed by atoms with Crippen molar-refractivity contribution in [2.24, 2.45) is 11.7 Å². The van der Waals surface area contributed by atoms with Gasteiger partial charge in [0.05, 0.1) is 5.60 Å². The summed E-state index contributed by atoms with van der Waals surface area (Å²) in [5, 5.41) is 10.7. The molecule has 132 valence electrons. The van der Waals surface area contributed by atoms with E-state index < -0.39 is 11.6 Å². The highest BCUT2D eigenvalue weighted by atomic mass is 16.3. The third kappa shape index (κ3) is 3.22. The molecule has 25 heavy (non-hydrogen) atoms. The van der Waals surface area contributed by atoms with Crippen molar-refractivity contribution in [3.63, 3.8) is 0 Å². The SMILES string of the molecule is CC(C)C(C)(O)c1cncc(-c2cnc3c(c2)CCCN3C(N)=O)c1. The van der Waals surface area contributed by atoms with Crippen molar-refractivity contribution in [1.82, 2.24) is 9.97 Å². The highest BCUT2D eigenvalue weighted by Gasteiger charge is 2.28. The molecule has 0 fully saturated rings. The third-order valence-corrected chi connectivity index (χ3v) is 5.07. The van der Waals surface area contributed by atoms with Crippen LogP contribution >= 0.6 is 0 Å². The number of urea groups is 1. The van der Waals surface area contributed by atoms with Gasteiger partial charge in [-0.2, -0.15) is 0 Å². The van der Waals surface area contributed by atoms with Crippen LogP contribution < -0.4 is 10.6 Å². The van der Waals surface area contributed by atoms with Crippen LogP contribution in [0.3, 0.4) is 0 Å². The van der Waals surface area contributed by atoms with Gasteiger partial charge >= 0.3 is 6.03 Å². The molecule has 0 saturated heterocycles. The summed E-state index contributed by atoms with van der Waals surface area (Å²) < 4.78 is 0. The van der Waals surface area contributed by atoms with Crippen LogP contribution in [0.25, 0.3) is 11.1 Å². The van der Waals surface area contributed by atoms with Crippen molar-refractivity contribution in [2.75, 3.05) is 11.4 Å². The number of carbonyl (C=O) groups excluding carboxylic acids is 1. The molecule has 0 radical (unpaired) electrons. The molecule has 0 bridgehead atoms. The number of aryl methyl sites for hydroxylation is 1. The van der Waals surface area contributed by atoms with Gasteiger partial charge in [-0.3, -0.25) is 9.88 Å². The number of aliphatic hydroxyl groups is 1. The molecule has 2 aromatic rings. The molecule has 1 atom stereocenters. The Kier molecular flexibility index (Phi) is 4.47. The number of anilines is 1. The molecule has 1 aliphatic heterocycles. The molecule has 6 nitrogen and oxygen atoms in total. The molecule has 0 spiro atoms. The van der Waals surface area contributed by atoms with Crippen LogP contribution in [0.2, 0.25) is 0 Å². The van der Waals surface area contributed by atoms with Crippen LogP contribution in [-0.2, 0) is 12.0 Å². The van der Waals surface area contributed by atoms with E-state index in [1.807, 2.05) is 26.0 Å². The van der Waals surface area contributed by atoms with E-state index in [1.165, 1.54) is 4.90 Å². The molecule has 0 aliphatic carbocycles. The smallest absolute Gasteiger partial charge is 0.320 e. The summed E-state index contributed by atoms with van der Waals surface area (Å²) in [6.45, 7) is 6.36. The van der Waals surface area contributed by atoms with Gasteiger partial charge in [-0.05, 0) is 43.4 Å². The second-order valence-corrected chi connectivity index (χ2v) is 7.06. The van der Waals surface area contributed by atoms with E-state index in [1.54, 1.807) is 25.5 Å². The molecule has 1 aliphatic rings. The largest absolute Gasteiger partial charge is 0.385 e. The fourth-order valence-electron chi connectivity index (χ4n) is 3.04. The van der Waals surface area contributed by atoms with Crippen molar-refractivity contribution >= 4 is 11.8 Å². The predicted octanol–water partition coefficient (Wildman–Crippen LogP) is 2.84. The summed E-state index contributed by atoms with van der Waals surface area (Å²) in [4.78, 5) is 21.8. The van der Waals surface area contributed by atoms with E-state index in [-0.39, 0.29) is 5.92 Å². The number of rotatable bonds is 3. The Hall–Kier alpha value is -2.47. The number of fused-ring (bicyclic) bond motifs is 1. The van der Waals surface area contributed by atoms with Gasteiger partial charge in [0.25, 0.3) is 0 Å². The Balaban J connectivity index is 2.00. The Bertz CT molecular complexity index is 802. The van der Waals surface area contributed by atoms with E-state index in [9.17, 15) is 9.90 Å². The fraction of sp³-hybridized carbons (Fsp3) is 0.421. The van der Waals surface area contributed by atoms with E-state index >= 15 is 0 Å². The van der Waals surface area contributed by atoms with Gasteiger partial charge in [-0.25, -0.2) is 9.78 Å². The minimum Gasteiger partial charge on any atom is -0.385 e. The first kappa shape index (κ1) is 17.4. The van der Waals surface area contributed by atoms with Crippen LogP contribution in [0.5, 0.6) is 0 Å². The zero-order chi connectivity index (χ0) is 18.2. The zero-order valence-corrected chi connectivity index (χ0v) is 14.9. The number of nitrogens with zero attached hydrogens (tertiary/aromatic N) is 3. The maximum absolute atomic E-state index is 11.6. The van der Waals surface area contributed by atoms with Gasteiger partial charge in [-0.15, -0.1) is 0 Å². The lowest BCUT2D eigenvalue weighted by Gasteiger charge is -2.28. The normalized spacial score (nSPS) is 16.4. The molecule has 6 heteroatoms. The minimum atomic E-state index is -0.951. The summed E-state index contributed by atoms with van der Waals surface area (Å²) >= 11 is 0. The Morgan fingerprint density at radius 2 is 2.00 bits per heavy atom. The summed E-state index contributed by atoms with van der Waals surface area (Å²) in [7, 11) is 0. The predicted molar refractivity (Wildman–Crippen MR) is 97.1 cm³/mol. The van der Waals surface area contributed by atoms with Crippen molar-refractivity contribution < 1.29 is 9.90 Å². The molecule has 3 rings (SSSR count). The lowest BCUT2D eigenvalue weighted by molar-refractivity contribution is 0.00878. The Morgan fingerprint density at radius 1 is 1.28 bits per heavy atom. The minimum absolute atomic E-state index is 0.0651. The van der Waals surface area contributed by atoms with Crippen molar-refractivity contribution in [3.8, 4) is 11.1 Å². The number of hydrogen-bond donors (Lipinski definition) is 2. The molecule has 1 unspecified atom stereocenters. The Labute approximate surface area is 147 Å². The van der Waals surface area contributed by atoms with Crippen molar-refractivity contribution in [2.45, 2.75) is 39.2 Å². The standard InChI is InChI=1S/C19H24N4O2/c1-12(2)19(3,25)16-8-15(9-21-11-16)14-7-13-5-4-6-23(18(20)24)17(13)22-10-14/h7-12,25H,4-6H2,1-3H3,(H2,20,24). The van der Waals surface area contributed by atoms with Crippen molar-refractivity contribution in [1.29, 1.82) is 0 Å². The number of pyridine rings is 2. The average Bonchev–Trinajstić information content (AvgIpc) is 2.60. The molecule has 0 aromatic carbocycles. The molecule has 3 N–H and O–H groups in total. The number of amides is 2. The first-order valence-electron chi connectivity index (χ1n) is 8.55. The van der Waals surface area contributed by atoms with E-state index in [0.29, 0.717) is 12.4 Å².